The van der Waals surface area contributed by atoms with Crippen molar-refractivity contribution in [2.75, 3.05) is 9.80 Å². The number of allylic oxidation sites excluding steroid dienone is 9. The Morgan fingerprint density at radius 3 is 1.92 bits per heavy atom. The smallest absolute Gasteiger partial charge is 0.159 e. The molecule has 0 aliphatic heterocycles. The maximum Gasteiger partial charge on any atom is 0.159 e. The number of para-hydroxylation sites is 2. The van der Waals surface area contributed by atoms with Crippen molar-refractivity contribution in [3.63, 3.8) is 0 Å². The summed E-state index contributed by atoms with van der Waals surface area (Å²) in [5, 5.41) is 9.29. The maximum atomic E-state index is 18.8. The molecule has 0 bridgehead atoms. The van der Waals surface area contributed by atoms with E-state index in [1.54, 1.807) is 6.07 Å². The topological polar surface area (TPSA) is 19.6 Å². The van der Waals surface area contributed by atoms with Crippen LogP contribution in [0.5, 0.6) is 0 Å². The van der Waals surface area contributed by atoms with Gasteiger partial charge >= 0.3 is 0 Å². The second kappa shape index (κ2) is 21.3. The molecule has 87 heavy (non-hydrogen) atoms. The monoisotopic (exact) mass is 1130 g/mol. The number of furan rings is 1. The van der Waals surface area contributed by atoms with Gasteiger partial charge in [0.1, 0.15) is 11.4 Å². The zero-order valence-corrected chi connectivity index (χ0v) is 49.7. The van der Waals surface area contributed by atoms with E-state index >= 15 is 4.39 Å². The minimum atomic E-state index is -0.286. The average molecular weight is 1130 g/mol. The molecule has 2 unspecified atom stereocenters. The van der Waals surface area contributed by atoms with Crippen LogP contribution < -0.4 is 9.80 Å². The van der Waals surface area contributed by atoms with E-state index in [0.717, 1.165) is 110 Å². The molecule has 4 heteroatoms. The first-order chi connectivity index (χ1) is 42.8. The highest BCUT2D eigenvalue weighted by Crippen LogP contribution is 2.56. The predicted molar refractivity (Wildman–Crippen MR) is 365 cm³/mol. The first-order valence-corrected chi connectivity index (χ1v) is 31.3. The van der Waals surface area contributed by atoms with Gasteiger partial charge in [0.2, 0.25) is 0 Å². The standard InChI is InChI=1S/C83H67FN2O/c1-51(2)68-49-77(85(76-37-22-35-65-62-33-19-20-38-79(62)87-83(65)76)75-44-39-57(53-23-9-5-10-24-53)45-70(75)55-27-13-7-14-28-55)66-42-40-64-69(52(3)4)50-78(67-43-41-63(68)80(66)81(64)67)86(74-36-21-34-61-60-32-18-17-31-58(60)46-72(61)74)82-71(56-29-15-8-16-30-56)47-59(48-73(82)84)54-25-11-6-12-26-54/h6-9,11-13,15-27,29-45,47-52,70,75H,5,10,14,28,46H2,1-4H3. The fourth-order valence-electron chi connectivity index (χ4n) is 15.1. The summed E-state index contributed by atoms with van der Waals surface area (Å²) in [5.74, 6) is 0.0382. The van der Waals surface area contributed by atoms with Crippen LogP contribution in [-0.2, 0) is 6.42 Å². The van der Waals surface area contributed by atoms with Gasteiger partial charge in [-0.25, -0.2) is 4.39 Å². The molecule has 4 aliphatic carbocycles. The molecule has 0 N–H and O–H groups in total. The fourth-order valence-corrected chi connectivity index (χ4v) is 15.1. The summed E-state index contributed by atoms with van der Waals surface area (Å²) in [6.45, 7) is 9.32. The third-order valence-electron chi connectivity index (χ3n) is 19.2. The lowest BCUT2D eigenvalue weighted by Gasteiger charge is -2.40. The number of rotatable bonds is 12. The van der Waals surface area contributed by atoms with Gasteiger partial charge in [0, 0.05) is 39.4 Å². The number of hydrogen-bond donors (Lipinski definition) is 0. The number of nitrogens with zero attached hydrogens (tertiary/aromatic N) is 2. The first-order valence-electron chi connectivity index (χ1n) is 31.3. The molecule has 11 aromatic carbocycles. The summed E-state index contributed by atoms with van der Waals surface area (Å²) in [6, 6.07) is 69.6. The summed E-state index contributed by atoms with van der Waals surface area (Å²) in [6.07, 6.45) is 26.3. The van der Waals surface area contributed by atoms with Crippen LogP contribution in [0.3, 0.4) is 0 Å². The van der Waals surface area contributed by atoms with Crippen LogP contribution in [0.15, 0.2) is 270 Å². The molecule has 422 valence electrons. The SMILES string of the molecule is CC(C)c1cc(N(c2cccc3c2Cc2ccccc2-3)c2c(F)cc(-c3ccccc3)cc2-c2ccccc2)c2ccc3c(C(C)C)cc(N(c4cccc5c4oc4ccccc45)C4C=CC(C5=CCCC=C5)=CC4C4=CC=CCC4)c4ccc1c2c34. The lowest BCUT2D eigenvalue weighted by atomic mass is 9.78. The molecular weight excluding hydrogens is 1060 g/mol. The summed E-state index contributed by atoms with van der Waals surface area (Å²) in [5.41, 5.74) is 21.3. The highest BCUT2D eigenvalue weighted by atomic mass is 19.1. The second-order valence-corrected chi connectivity index (χ2v) is 24.9. The molecule has 0 fully saturated rings. The molecule has 0 amide bonds. The summed E-state index contributed by atoms with van der Waals surface area (Å²) >= 11 is 0. The van der Waals surface area contributed by atoms with E-state index < -0.39 is 0 Å². The molecule has 1 heterocycles. The second-order valence-electron chi connectivity index (χ2n) is 24.9. The molecule has 3 nitrogen and oxygen atoms in total. The molecular formula is C83H67FN2O. The Morgan fingerprint density at radius 2 is 1.17 bits per heavy atom. The molecule has 0 saturated heterocycles. The van der Waals surface area contributed by atoms with Gasteiger partial charge < -0.3 is 14.2 Å². The summed E-state index contributed by atoms with van der Waals surface area (Å²) in [4.78, 5) is 4.97. The zero-order valence-electron chi connectivity index (χ0n) is 49.7. The van der Waals surface area contributed by atoms with Crippen LogP contribution in [0, 0.1) is 11.7 Å². The van der Waals surface area contributed by atoms with Crippen molar-refractivity contribution in [2.45, 2.75) is 77.7 Å². The van der Waals surface area contributed by atoms with Crippen molar-refractivity contribution in [3.05, 3.63) is 294 Å². The molecule has 0 spiro atoms. The van der Waals surface area contributed by atoms with Crippen molar-refractivity contribution < 1.29 is 8.81 Å². The van der Waals surface area contributed by atoms with Crippen LogP contribution in [-0.4, -0.2) is 6.04 Å². The van der Waals surface area contributed by atoms with Gasteiger partial charge in [0.25, 0.3) is 0 Å². The van der Waals surface area contributed by atoms with Crippen LogP contribution >= 0.6 is 0 Å². The number of benzene rings is 11. The van der Waals surface area contributed by atoms with Crippen molar-refractivity contribution in [2.24, 2.45) is 5.92 Å². The van der Waals surface area contributed by atoms with Crippen LogP contribution in [0.1, 0.15) is 87.5 Å². The number of hydrogen-bond acceptors (Lipinski definition) is 3. The Hall–Kier alpha value is -9.77. The van der Waals surface area contributed by atoms with E-state index in [0.29, 0.717) is 5.69 Å². The average Bonchev–Trinajstić information content (AvgIpc) is 1.03. The molecule has 0 radical (unpaired) electrons. The van der Waals surface area contributed by atoms with E-state index in [4.69, 9.17) is 4.42 Å². The van der Waals surface area contributed by atoms with Gasteiger partial charge in [-0.1, -0.05) is 240 Å². The minimum Gasteiger partial charge on any atom is -0.454 e. The molecule has 16 rings (SSSR count). The van der Waals surface area contributed by atoms with Gasteiger partial charge in [-0.15, -0.1) is 0 Å². The van der Waals surface area contributed by atoms with Gasteiger partial charge in [-0.05, 0) is 163 Å². The van der Waals surface area contributed by atoms with E-state index in [9.17, 15) is 0 Å². The summed E-state index contributed by atoms with van der Waals surface area (Å²) in [7, 11) is 0. The van der Waals surface area contributed by atoms with E-state index in [1.807, 2.05) is 24.3 Å². The Kier molecular flexibility index (Phi) is 12.9. The summed E-state index contributed by atoms with van der Waals surface area (Å²) < 4.78 is 25.9. The Labute approximate surface area is 509 Å². The number of fused-ring (bicyclic) bond motifs is 6. The van der Waals surface area contributed by atoms with E-state index in [-0.39, 0.29) is 29.6 Å². The van der Waals surface area contributed by atoms with E-state index in [2.05, 4.69) is 256 Å². The normalized spacial score (nSPS) is 16.4. The van der Waals surface area contributed by atoms with Crippen LogP contribution in [0.2, 0.25) is 0 Å². The van der Waals surface area contributed by atoms with E-state index in [1.165, 1.54) is 71.6 Å². The molecule has 2 atom stereocenters. The third kappa shape index (κ3) is 8.74. The van der Waals surface area contributed by atoms with Crippen molar-refractivity contribution in [1.82, 2.24) is 0 Å². The molecule has 4 aliphatic rings. The van der Waals surface area contributed by atoms with Gasteiger partial charge in [0.05, 0.1) is 34.5 Å². The minimum absolute atomic E-state index is 0.0419. The van der Waals surface area contributed by atoms with Crippen molar-refractivity contribution >= 4 is 82.7 Å². The zero-order chi connectivity index (χ0) is 58.4. The highest BCUT2D eigenvalue weighted by Gasteiger charge is 2.37. The van der Waals surface area contributed by atoms with Gasteiger partial charge in [-0.2, -0.15) is 0 Å². The van der Waals surface area contributed by atoms with Gasteiger partial charge in [0.15, 0.2) is 5.58 Å². The molecule has 12 aromatic rings. The van der Waals surface area contributed by atoms with Crippen LogP contribution in [0.4, 0.5) is 32.8 Å². The van der Waals surface area contributed by atoms with Crippen LogP contribution in [0.25, 0.3) is 87.6 Å². The maximum absolute atomic E-state index is 18.8. The quantitative estimate of drug-likeness (QED) is 0.114. The van der Waals surface area contributed by atoms with Crippen molar-refractivity contribution in [1.29, 1.82) is 0 Å². The molecule has 0 saturated carbocycles. The third-order valence-corrected chi connectivity index (χ3v) is 19.2. The Bertz CT molecular complexity index is 4930. The van der Waals surface area contributed by atoms with Gasteiger partial charge in [-0.3, -0.25) is 0 Å². The first kappa shape index (κ1) is 52.8. The van der Waals surface area contributed by atoms with Crippen molar-refractivity contribution in [3.8, 4) is 33.4 Å². The lowest BCUT2D eigenvalue weighted by molar-refractivity contribution is 0.601. The largest absolute Gasteiger partial charge is 0.454 e. The Balaban J connectivity index is 1.01. The Morgan fingerprint density at radius 1 is 0.506 bits per heavy atom. The fraction of sp³-hybridized carbons (Fsp3) is 0.157. The lowest BCUT2D eigenvalue weighted by Crippen LogP contribution is -2.38. The number of halogens is 1. The predicted octanol–water partition coefficient (Wildman–Crippen LogP) is 23.4. The highest BCUT2D eigenvalue weighted by molar-refractivity contribution is 6.30. The molecule has 1 aromatic heterocycles. The number of anilines is 5.